The maximum Gasteiger partial charge on any atom is 0.134 e. The lowest BCUT2D eigenvalue weighted by Crippen LogP contribution is -2.35. The van der Waals surface area contributed by atoms with Crippen LogP contribution < -0.4 is 0 Å². The summed E-state index contributed by atoms with van der Waals surface area (Å²) < 4.78 is 28.4. The molecule has 0 aromatic rings. The van der Waals surface area contributed by atoms with E-state index in [0.717, 1.165) is 30.6 Å². The van der Waals surface area contributed by atoms with Crippen molar-refractivity contribution in [2.75, 3.05) is 0 Å². The molecule has 0 nitrogen and oxygen atoms in total. The first kappa shape index (κ1) is 18.9. The van der Waals surface area contributed by atoms with E-state index in [1.54, 1.807) is 13.8 Å². The second-order valence-electron chi connectivity index (χ2n) is 8.58. The second kappa shape index (κ2) is 8.62. The molecule has 134 valence electrons. The Hall–Kier alpha value is -0.400. The predicted molar refractivity (Wildman–Crippen MR) is 94.9 cm³/mol. The number of alkyl halides is 2. The molecule has 3 atom stereocenters. The molecule has 2 aliphatic rings. The van der Waals surface area contributed by atoms with Crippen LogP contribution in [0.3, 0.4) is 0 Å². The molecule has 0 aliphatic heterocycles. The van der Waals surface area contributed by atoms with Crippen LogP contribution in [0.5, 0.6) is 0 Å². The lowest BCUT2D eigenvalue weighted by molar-refractivity contribution is 0.0387. The molecule has 2 saturated carbocycles. The molecule has 0 saturated heterocycles. The van der Waals surface area contributed by atoms with Crippen LogP contribution in [-0.4, -0.2) is 12.3 Å². The van der Waals surface area contributed by atoms with Gasteiger partial charge in [-0.1, -0.05) is 26.8 Å². The number of hydrogen-bond donors (Lipinski definition) is 0. The topological polar surface area (TPSA) is 0 Å². The van der Waals surface area contributed by atoms with E-state index >= 15 is 0 Å². The Kier molecular flexibility index (Phi) is 7.10. The van der Waals surface area contributed by atoms with Crippen LogP contribution in [0.2, 0.25) is 0 Å². The fourth-order valence-electron chi connectivity index (χ4n) is 4.91. The molecule has 3 unspecified atom stereocenters. The van der Waals surface area contributed by atoms with Gasteiger partial charge >= 0.3 is 0 Å². The summed E-state index contributed by atoms with van der Waals surface area (Å²) in [4.78, 5) is 0. The van der Waals surface area contributed by atoms with E-state index in [2.05, 4.69) is 12.7 Å². The standard InChI is InChI=1S/C21H36F2/c1-5-16-6-8-18(9-7-16)19-12-10-17(11-13-19)15(4)21(23)20(22)14(2)3/h5,14-21H,1,6-13H2,2-4H3. The molecule has 2 fully saturated rings. The first-order chi connectivity index (χ1) is 10.9. The summed E-state index contributed by atoms with van der Waals surface area (Å²) in [6.07, 6.45) is 9.45. The molecule has 0 N–H and O–H groups in total. The highest BCUT2D eigenvalue weighted by Gasteiger charge is 2.37. The Morgan fingerprint density at radius 1 is 0.783 bits per heavy atom. The van der Waals surface area contributed by atoms with Crippen LogP contribution in [0.4, 0.5) is 8.78 Å². The normalized spacial score (nSPS) is 36.4. The van der Waals surface area contributed by atoms with E-state index in [-0.39, 0.29) is 11.8 Å². The van der Waals surface area contributed by atoms with E-state index in [1.165, 1.54) is 38.5 Å². The van der Waals surface area contributed by atoms with Crippen molar-refractivity contribution >= 4 is 0 Å². The van der Waals surface area contributed by atoms with Gasteiger partial charge in [0.2, 0.25) is 0 Å². The van der Waals surface area contributed by atoms with Crippen molar-refractivity contribution in [3.63, 3.8) is 0 Å². The monoisotopic (exact) mass is 326 g/mol. The van der Waals surface area contributed by atoms with Crippen molar-refractivity contribution in [3.8, 4) is 0 Å². The third-order valence-corrected chi connectivity index (χ3v) is 6.82. The summed E-state index contributed by atoms with van der Waals surface area (Å²) in [6.45, 7) is 9.41. The van der Waals surface area contributed by atoms with Gasteiger partial charge < -0.3 is 0 Å². The molecular weight excluding hydrogens is 290 g/mol. The smallest absolute Gasteiger partial charge is 0.134 e. The third-order valence-electron chi connectivity index (χ3n) is 6.82. The lowest BCUT2D eigenvalue weighted by atomic mass is 9.67. The SMILES string of the molecule is C=CC1CCC(C2CCC(C(C)C(F)C(F)C(C)C)CC2)CC1. The molecule has 2 heteroatoms. The molecule has 0 radical (unpaired) electrons. The van der Waals surface area contributed by atoms with Crippen molar-refractivity contribution in [1.82, 2.24) is 0 Å². The Morgan fingerprint density at radius 2 is 1.26 bits per heavy atom. The minimum atomic E-state index is -1.31. The Labute approximate surface area is 142 Å². The maximum absolute atomic E-state index is 14.4. The van der Waals surface area contributed by atoms with Crippen molar-refractivity contribution in [3.05, 3.63) is 12.7 Å². The zero-order valence-electron chi connectivity index (χ0n) is 15.3. The van der Waals surface area contributed by atoms with E-state index in [9.17, 15) is 8.78 Å². The summed E-state index contributed by atoms with van der Waals surface area (Å²) in [6, 6.07) is 0. The highest BCUT2D eigenvalue weighted by molar-refractivity contribution is 4.89. The summed E-state index contributed by atoms with van der Waals surface area (Å²) in [5, 5.41) is 0. The summed E-state index contributed by atoms with van der Waals surface area (Å²) in [5.74, 6) is 2.45. The number of hydrogen-bond acceptors (Lipinski definition) is 0. The van der Waals surface area contributed by atoms with Crippen molar-refractivity contribution in [2.24, 2.45) is 35.5 Å². The van der Waals surface area contributed by atoms with Crippen molar-refractivity contribution < 1.29 is 8.78 Å². The zero-order chi connectivity index (χ0) is 17.0. The average Bonchev–Trinajstić information content (AvgIpc) is 2.60. The van der Waals surface area contributed by atoms with Crippen molar-refractivity contribution in [1.29, 1.82) is 0 Å². The Balaban J connectivity index is 1.78. The van der Waals surface area contributed by atoms with Crippen LogP contribution in [0.25, 0.3) is 0 Å². The molecule has 0 bridgehead atoms. The molecule has 0 amide bonds. The Bertz CT molecular complexity index is 349. The molecule has 0 heterocycles. The van der Waals surface area contributed by atoms with Crippen LogP contribution in [-0.2, 0) is 0 Å². The highest BCUT2D eigenvalue weighted by Crippen LogP contribution is 2.44. The van der Waals surface area contributed by atoms with Crippen LogP contribution in [0.15, 0.2) is 12.7 Å². The summed E-state index contributed by atoms with van der Waals surface area (Å²) in [5.41, 5.74) is 0. The van der Waals surface area contributed by atoms with E-state index in [4.69, 9.17) is 0 Å². The first-order valence-electron chi connectivity index (χ1n) is 9.84. The average molecular weight is 327 g/mol. The van der Waals surface area contributed by atoms with E-state index < -0.39 is 12.3 Å². The molecule has 23 heavy (non-hydrogen) atoms. The summed E-state index contributed by atoms with van der Waals surface area (Å²) in [7, 11) is 0. The minimum absolute atomic E-state index is 0.134. The fourth-order valence-corrected chi connectivity index (χ4v) is 4.91. The Morgan fingerprint density at radius 3 is 1.70 bits per heavy atom. The molecule has 2 rings (SSSR count). The van der Waals surface area contributed by atoms with Crippen molar-refractivity contribution in [2.45, 2.75) is 84.5 Å². The van der Waals surface area contributed by atoms with E-state index in [1.807, 2.05) is 6.92 Å². The minimum Gasteiger partial charge on any atom is -0.244 e. The summed E-state index contributed by atoms with van der Waals surface area (Å²) >= 11 is 0. The van der Waals surface area contributed by atoms with Gasteiger partial charge in [0.25, 0.3) is 0 Å². The third kappa shape index (κ3) is 4.79. The number of rotatable bonds is 6. The number of halogens is 2. The van der Waals surface area contributed by atoms with Gasteiger partial charge in [-0.15, -0.1) is 6.58 Å². The molecule has 2 aliphatic carbocycles. The quantitative estimate of drug-likeness (QED) is 0.473. The molecule has 0 spiro atoms. The van der Waals surface area contributed by atoms with Crippen LogP contribution in [0, 0.1) is 35.5 Å². The van der Waals surface area contributed by atoms with Gasteiger partial charge in [0, 0.05) is 0 Å². The number of allylic oxidation sites excluding steroid dienone is 1. The second-order valence-corrected chi connectivity index (χ2v) is 8.58. The first-order valence-corrected chi connectivity index (χ1v) is 9.84. The highest BCUT2D eigenvalue weighted by atomic mass is 19.2. The van der Waals surface area contributed by atoms with Gasteiger partial charge in [0.15, 0.2) is 0 Å². The predicted octanol–water partition coefficient (Wildman–Crippen LogP) is 6.75. The molecular formula is C21H36F2. The lowest BCUT2D eigenvalue weighted by Gasteiger charge is -2.39. The van der Waals surface area contributed by atoms with Gasteiger partial charge in [-0.3, -0.25) is 0 Å². The zero-order valence-corrected chi connectivity index (χ0v) is 15.3. The van der Waals surface area contributed by atoms with Gasteiger partial charge in [-0.2, -0.15) is 0 Å². The fraction of sp³-hybridized carbons (Fsp3) is 0.905. The molecule has 0 aromatic heterocycles. The van der Waals surface area contributed by atoms with Gasteiger partial charge in [-0.05, 0) is 86.9 Å². The largest absolute Gasteiger partial charge is 0.244 e. The van der Waals surface area contributed by atoms with Crippen LogP contribution in [0.1, 0.15) is 72.1 Å². The maximum atomic E-state index is 14.4. The van der Waals surface area contributed by atoms with Crippen LogP contribution >= 0.6 is 0 Å². The van der Waals surface area contributed by atoms with E-state index in [0.29, 0.717) is 5.92 Å². The van der Waals surface area contributed by atoms with Gasteiger partial charge in [-0.25, -0.2) is 8.78 Å². The van der Waals surface area contributed by atoms with Gasteiger partial charge in [0.1, 0.15) is 12.3 Å². The molecule has 0 aromatic carbocycles. The van der Waals surface area contributed by atoms with Gasteiger partial charge in [0.05, 0.1) is 0 Å².